The lowest BCUT2D eigenvalue weighted by Gasteiger charge is -2.06. The van der Waals surface area contributed by atoms with Gasteiger partial charge >= 0.3 is 0 Å². The molecule has 0 aliphatic heterocycles. The molecule has 0 radical (unpaired) electrons. The normalized spacial score (nSPS) is 9.58. The lowest BCUT2D eigenvalue weighted by Crippen LogP contribution is -1.92. The third-order valence-electron chi connectivity index (χ3n) is 1.44. The summed E-state index contributed by atoms with van der Waals surface area (Å²) in [6.45, 7) is 5.71. The van der Waals surface area contributed by atoms with Crippen LogP contribution in [0.5, 0.6) is 5.75 Å². The molecule has 0 bridgehead atoms. The van der Waals surface area contributed by atoms with Crippen LogP contribution in [0.25, 0.3) is 5.57 Å². The Balaban J connectivity index is 3.20. The maximum absolute atomic E-state index is 5.13. The molecule has 0 aliphatic carbocycles. The zero-order valence-corrected chi connectivity index (χ0v) is 8.68. The van der Waals surface area contributed by atoms with Crippen LogP contribution in [0.15, 0.2) is 23.3 Å². The molecule has 0 spiro atoms. The van der Waals surface area contributed by atoms with Crippen molar-refractivity contribution in [3.05, 3.63) is 29.0 Å². The second-order valence-electron chi connectivity index (χ2n) is 2.48. The van der Waals surface area contributed by atoms with Crippen LogP contribution in [0.2, 0.25) is 0 Å². The van der Waals surface area contributed by atoms with E-state index in [0.717, 1.165) is 21.5 Å². The number of pyridine rings is 1. The number of nitrogens with zero attached hydrogens (tertiary/aromatic N) is 1. The molecule has 12 heavy (non-hydrogen) atoms. The van der Waals surface area contributed by atoms with Gasteiger partial charge in [-0.1, -0.05) is 6.58 Å². The van der Waals surface area contributed by atoms with E-state index in [1.165, 1.54) is 0 Å². The summed E-state index contributed by atoms with van der Waals surface area (Å²) in [5, 5.41) is 0. The van der Waals surface area contributed by atoms with Gasteiger partial charge in [0.15, 0.2) is 0 Å². The van der Waals surface area contributed by atoms with E-state index in [1.807, 2.05) is 13.0 Å². The monoisotopic (exact) mass is 227 g/mol. The predicted octanol–water partition coefficient (Wildman–Crippen LogP) is 2.89. The van der Waals surface area contributed by atoms with Gasteiger partial charge in [-0.25, -0.2) is 0 Å². The summed E-state index contributed by atoms with van der Waals surface area (Å²) in [5.41, 5.74) is 1.71. The summed E-state index contributed by atoms with van der Waals surface area (Å²) in [5.74, 6) is 0.747. The second-order valence-corrected chi connectivity index (χ2v) is 3.40. The summed E-state index contributed by atoms with van der Waals surface area (Å²) in [6, 6.07) is 1.87. The Bertz CT molecular complexity index is 309. The van der Waals surface area contributed by atoms with E-state index in [9.17, 15) is 0 Å². The Kier molecular flexibility index (Phi) is 2.87. The van der Waals surface area contributed by atoms with Crippen LogP contribution < -0.4 is 4.74 Å². The van der Waals surface area contributed by atoms with Gasteiger partial charge in [-0.15, -0.1) is 0 Å². The molecule has 0 N–H and O–H groups in total. The molecule has 1 rings (SSSR count). The molecule has 0 unspecified atom stereocenters. The molecule has 0 fully saturated rings. The molecule has 0 saturated carbocycles. The molecule has 0 saturated heterocycles. The van der Waals surface area contributed by atoms with Crippen LogP contribution in [0.3, 0.4) is 0 Å². The van der Waals surface area contributed by atoms with Crippen molar-refractivity contribution < 1.29 is 4.74 Å². The number of methoxy groups -OCH3 is 1. The van der Waals surface area contributed by atoms with Gasteiger partial charge in [-0.2, -0.15) is 0 Å². The average molecular weight is 228 g/mol. The molecular weight excluding hydrogens is 218 g/mol. The number of hydrogen-bond acceptors (Lipinski definition) is 2. The molecule has 0 aliphatic rings. The standard InChI is InChI=1S/C9H10BrNO/c1-6(2)9-8(12-3)4-7(10)5-11-9/h4-5H,1H2,2-3H3. The predicted molar refractivity (Wildman–Crippen MR) is 53.2 cm³/mol. The van der Waals surface area contributed by atoms with Crippen molar-refractivity contribution in [2.75, 3.05) is 7.11 Å². The molecule has 64 valence electrons. The van der Waals surface area contributed by atoms with E-state index in [1.54, 1.807) is 13.3 Å². The fourth-order valence-electron chi connectivity index (χ4n) is 0.897. The molecule has 0 amide bonds. The zero-order valence-electron chi connectivity index (χ0n) is 7.10. The minimum Gasteiger partial charge on any atom is -0.494 e. The molecule has 1 aromatic rings. The van der Waals surface area contributed by atoms with Crippen molar-refractivity contribution in [2.24, 2.45) is 0 Å². The van der Waals surface area contributed by atoms with Gasteiger partial charge in [0.25, 0.3) is 0 Å². The van der Waals surface area contributed by atoms with E-state index in [-0.39, 0.29) is 0 Å². The van der Waals surface area contributed by atoms with Crippen molar-refractivity contribution >= 4 is 21.5 Å². The van der Waals surface area contributed by atoms with E-state index >= 15 is 0 Å². The Hall–Kier alpha value is -0.830. The smallest absolute Gasteiger partial charge is 0.145 e. The number of hydrogen-bond donors (Lipinski definition) is 0. The minimum absolute atomic E-state index is 0.747. The number of ether oxygens (including phenoxy) is 1. The van der Waals surface area contributed by atoms with Gasteiger partial charge in [-0.3, -0.25) is 4.98 Å². The average Bonchev–Trinajstić information content (AvgIpc) is 2.03. The fourth-order valence-corrected chi connectivity index (χ4v) is 1.21. The van der Waals surface area contributed by atoms with Gasteiger partial charge in [0.1, 0.15) is 11.4 Å². The molecule has 1 aromatic heterocycles. The first-order chi connectivity index (χ1) is 5.65. The molecular formula is C9H10BrNO. The summed E-state index contributed by atoms with van der Waals surface area (Å²) in [6.07, 6.45) is 1.73. The van der Waals surface area contributed by atoms with Crippen LogP contribution in [0, 0.1) is 0 Å². The number of halogens is 1. The first kappa shape index (κ1) is 9.26. The first-order valence-corrected chi connectivity index (χ1v) is 4.30. The highest BCUT2D eigenvalue weighted by atomic mass is 79.9. The van der Waals surface area contributed by atoms with Crippen molar-refractivity contribution in [3.63, 3.8) is 0 Å². The van der Waals surface area contributed by atoms with Crippen LogP contribution in [-0.4, -0.2) is 12.1 Å². The van der Waals surface area contributed by atoms with Gasteiger partial charge in [0, 0.05) is 10.7 Å². The van der Waals surface area contributed by atoms with E-state index < -0.39 is 0 Å². The Morgan fingerprint density at radius 1 is 1.67 bits per heavy atom. The highest BCUT2D eigenvalue weighted by Crippen LogP contribution is 2.25. The van der Waals surface area contributed by atoms with E-state index in [2.05, 4.69) is 27.5 Å². The number of rotatable bonds is 2. The molecule has 0 aromatic carbocycles. The largest absolute Gasteiger partial charge is 0.494 e. The summed E-state index contributed by atoms with van der Waals surface area (Å²) in [7, 11) is 1.62. The van der Waals surface area contributed by atoms with Crippen molar-refractivity contribution in [1.82, 2.24) is 4.98 Å². The molecule has 3 heteroatoms. The lowest BCUT2D eigenvalue weighted by molar-refractivity contribution is 0.411. The maximum atomic E-state index is 5.13. The third kappa shape index (κ3) is 1.85. The van der Waals surface area contributed by atoms with Gasteiger partial charge in [-0.05, 0) is 34.5 Å². The molecule has 2 nitrogen and oxygen atoms in total. The summed E-state index contributed by atoms with van der Waals surface area (Å²) < 4.78 is 6.04. The minimum atomic E-state index is 0.747. The van der Waals surface area contributed by atoms with Crippen LogP contribution in [0.4, 0.5) is 0 Å². The quantitative estimate of drug-likeness (QED) is 0.776. The fraction of sp³-hybridized carbons (Fsp3) is 0.222. The summed E-state index contributed by atoms with van der Waals surface area (Å²) >= 11 is 3.31. The second kappa shape index (κ2) is 3.72. The van der Waals surface area contributed by atoms with Crippen molar-refractivity contribution in [3.8, 4) is 5.75 Å². The van der Waals surface area contributed by atoms with Crippen molar-refractivity contribution in [1.29, 1.82) is 0 Å². The zero-order chi connectivity index (χ0) is 9.14. The summed E-state index contributed by atoms with van der Waals surface area (Å²) in [4.78, 5) is 4.18. The highest BCUT2D eigenvalue weighted by molar-refractivity contribution is 9.10. The Labute approximate surface area is 80.4 Å². The van der Waals surface area contributed by atoms with Crippen LogP contribution in [0.1, 0.15) is 12.6 Å². The number of allylic oxidation sites excluding steroid dienone is 1. The van der Waals surface area contributed by atoms with Gasteiger partial charge < -0.3 is 4.74 Å². The van der Waals surface area contributed by atoms with E-state index in [4.69, 9.17) is 4.74 Å². The SMILES string of the molecule is C=C(C)c1ncc(Br)cc1OC. The maximum Gasteiger partial charge on any atom is 0.145 e. The lowest BCUT2D eigenvalue weighted by atomic mass is 10.2. The Morgan fingerprint density at radius 3 is 2.83 bits per heavy atom. The molecule has 1 heterocycles. The first-order valence-electron chi connectivity index (χ1n) is 3.50. The topological polar surface area (TPSA) is 22.1 Å². The van der Waals surface area contributed by atoms with Crippen LogP contribution in [-0.2, 0) is 0 Å². The van der Waals surface area contributed by atoms with Crippen molar-refractivity contribution in [2.45, 2.75) is 6.92 Å². The number of aromatic nitrogens is 1. The molecule has 0 atom stereocenters. The van der Waals surface area contributed by atoms with E-state index in [0.29, 0.717) is 0 Å². The van der Waals surface area contributed by atoms with Gasteiger partial charge in [0.05, 0.1) is 7.11 Å². The van der Waals surface area contributed by atoms with Crippen LogP contribution >= 0.6 is 15.9 Å². The Morgan fingerprint density at radius 2 is 2.33 bits per heavy atom. The highest BCUT2D eigenvalue weighted by Gasteiger charge is 2.04. The van der Waals surface area contributed by atoms with Gasteiger partial charge in [0.2, 0.25) is 0 Å². The third-order valence-corrected chi connectivity index (χ3v) is 1.88.